The van der Waals surface area contributed by atoms with Crippen molar-refractivity contribution in [3.63, 3.8) is 0 Å². The zero-order valence-corrected chi connectivity index (χ0v) is 17.7. The molecule has 0 spiro atoms. The second-order valence-corrected chi connectivity index (χ2v) is 7.11. The predicted molar refractivity (Wildman–Crippen MR) is 116 cm³/mol. The summed E-state index contributed by atoms with van der Waals surface area (Å²) in [5.41, 5.74) is 0.903. The Hall–Kier alpha value is -2.90. The topological polar surface area (TPSA) is 116 Å². The Morgan fingerprint density at radius 3 is 2.37 bits per heavy atom. The predicted octanol–water partition coefficient (Wildman–Crippen LogP) is 1.05. The van der Waals surface area contributed by atoms with Gasteiger partial charge in [-0.1, -0.05) is 62.9 Å². The van der Waals surface area contributed by atoms with Crippen molar-refractivity contribution in [3.8, 4) is 0 Å². The summed E-state index contributed by atoms with van der Waals surface area (Å²) >= 11 is 0. The van der Waals surface area contributed by atoms with Gasteiger partial charge in [0, 0.05) is 25.9 Å². The maximum atomic E-state index is 12.5. The summed E-state index contributed by atoms with van der Waals surface area (Å²) in [5.74, 6) is -0.927. The number of unbranched alkanes of at least 4 members (excludes halogenated alkanes) is 4. The molecule has 0 aromatic heterocycles. The van der Waals surface area contributed by atoms with Crippen LogP contribution in [0.3, 0.4) is 0 Å². The molecule has 30 heavy (non-hydrogen) atoms. The SMILES string of the molecule is CCCCCCCC(=O)NCC(=O)NC(Cc1ccccc1)C(=O)NCCNC=O. The highest BCUT2D eigenvalue weighted by Crippen LogP contribution is 2.05. The first kappa shape index (κ1) is 25.1. The summed E-state index contributed by atoms with van der Waals surface area (Å²) < 4.78 is 0. The van der Waals surface area contributed by atoms with Gasteiger partial charge in [-0.25, -0.2) is 0 Å². The van der Waals surface area contributed by atoms with Crippen LogP contribution in [0, 0.1) is 0 Å². The van der Waals surface area contributed by atoms with Crippen LogP contribution in [0.25, 0.3) is 0 Å². The molecule has 1 rings (SSSR count). The molecule has 166 valence electrons. The first-order chi connectivity index (χ1) is 14.6. The smallest absolute Gasteiger partial charge is 0.242 e. The van der Waals surface area contributed by atoms with Crippen molar-refractivity contribution in [2.75, 3.05) is 19.6 Å². The normalized spacial score (nSPS) is 11.2. The van der Waals surface area contributed by atoms with Crippen LogP contribution in [0.2, 0.25) is 0 Å². The van der Waals surface area contributed by atoms with Crippen LogP contribution in [0.15, 0.2) is 30.3 Å². The van der Waals surface area contributed by atoms with Crippen molar-refractivity contribution in [2.45, 2.75) is 57.9 Å². The molecule has 8 heteroatoms. The van der Waals surface area contributed by atoms with Crippen LogP contribution in [0.1, 0.15) is 51.0 Å². The van der Waals surface area contributed by atoms with Crippen molar-refractivity contribution in [1.82, 2.24) is 21.3 Å². The van der Waals surface area contributed by atoms with Gasteiger partial charge in [0.2, 0.25) is 24.1 Å². The van der Waals surface area contributed by atoms with Crippen LogP contribution in [0.5, 0.6) is 0 Å². The lowest BCUT2D eigenvalue weighted by Crippen LogP contribution is -2.51. The molecule has 0 saturated carbocycles. The molecule has 0 fully saturated rings. The third kappa shape index (κ3) is 11.8. The van der Waals surface area contributed by atoms with Gasteiger partial charge in [-0.15, -0.1) is 0 Å². The molecule has 4 amide bonds. The largest absolute Gasteiger partial charge is 0.357 e. The lowest BCUT2D eigenvalue weighted by atomic mass is 10.1. The van der Waals surface area contributed by atoms with Crippen LogP contribution < -0.4 is 21.3 Å². The summed E-state index contributed by atoms with van der Waals surface area (Å²) in [7, 11) is 0. The Balaban J connectivity index is 2.47. The highest BCUT2D eigenvalue weighted by molar-refractivity contribution is 5.90. The zero-order valence-electron chi connectivity index (χ0n) is 17.7. The number of rotatable bonds is 16. The van der Waals surface area contributed by atoms with Gasteiger partial charge in [0.05, 0.1) is 6.54 Å². The van der Waals surface area contributed by atoms with Gasteiger partial charge in [0.15, 0.2) is 0 Å². The van der Waals surface area contributed by atoms with Crippen LogP contribution in [-0.2, 0) is 25.6 Å². The van der Waals surface area contributed by atoms with Gasteiger partial charge < -0.3 is 21.3 Å². The summed E-state index contributed by atoms with van der Waals surface area (Å²) in [5, 5.41) is 10.5. The standard InChI is InChI=1S/C22H34N4O4/c1-2-3-4-5-9-12-20(28)25-16-21(29)26-19(15-18-10-7-6-8-11-18)22(30)24-14-13-23-17-27/h6-8,10-11,17,19H,2-5,9,12-16H2,1H3,(H,23,27)(H,24,30)(H,25,28)(H,26,29). The lowest BCUT2D eigenvalue weighted by Gasteiger charge is -2.19. The molecular formula is C22H34N4O4. The van der Waals surface area contributed by atoms with Crippen molar-refractivity contribution < 1.29 is 19.2 Å². The van der Waals surface area contributed by atoms with E-state index in [4.69, 9.17) is 0 Å². The van der Waals surface area contributed by atoms with E-state index in [9.17, 15) is 19.2 Å². The number of hydrogen-bond acceptors (Lipinski definition) is 4. The minimum Gasteiger partial charge on any atom is -0.357 e. The molecule has 0 heterocycles. The van der Waals surface area contributed by atoms with Gasteiger partial charge in [-0.05, 0) is 12.0 Å². The fourth-order valence-corrected chi connectivity index (χ4v) is 2.90. The summed E-state index contributed by atoms with van der Waals surface area (Å²) in [6, 6.07) is 8.57. The quantitative estimate of drug-likeness (QED) is 0.237. The Bertz CT molecular complexity index is 652. The molecule has 0 bridgehead atoms. The third-order valence-electron chi connectivity index (χ3n) is 4.54. The number of carbonyl (C=O) groups excluding carboxylic acids is 4. The molecular weight excluding hydrogens is 384 g/mol. The number of nitrogens with one attached hydrogen (secondary N) is 4. The van der Waals surface area contributed by atoms with Gasteiger partial charge in [0.25, 0.3) is 0 Å². The monoisotopic (exact) mass is 418 g/mol. The summed E-state index contributed by atoms with van der Waals surface area (Å²) in [6.45, 7) is 2.53. The van der Waals surface area contributed by atoms with E-state index in [1.54, 1.807) is 0 Å². The van der Waals surface area contributed by atoms with Crippen molar-refractivity contribution in [2.24, 2.45) is 0 Å². The van der Waals surface area contributed by atoms with Gasteiger partial charge >= 0.3 is 0 Å². The van der Waals surface area contributed by atoms with E-state index in [0.29, 0.717) is 25.8 Å². The molecule has 1 unspecified atom stereocenters. The van der Waals surface area contributed by atoms with E-state index in [-0.39, 0.29) is 24.9 Å². The Morgan fingerprint density at radius 1 is 0.933 bits per heavy atom. The zero-order chi connectivity index (χ0) is 22.0. The van der Waals surface area contributed by atoms with E-state index in [2.05, 4.69) is 28.2 Å². The number of hydrogen-bond donors (Lipinski definition) is 4. The Kier molecular flexibility index (Phi) is 13.4. The molecule has 0 saturated heterocycles. The Labute approximate surface area is 178 Å². The molecule has 1 aromatic carbocycles. The minimum absolute atomic E-state index is 0.161. The van der Waals surface area contributed by atoms with Crippen molar-refractivity contribution >= 4 is 24.1 Å². The van der Waals surface area contributed by atoms with Gasteiger partial charge in [-0.3, -0.25) is 19.2 Å². The molecule has 4 N–H and O–H groups in total. The maximum Gasteiger partial charge on any atom is 0.242 e. The molecule has 0 aliphatic heterocycles. The van der Waals surface area contributed by atoms with Crippen LogP contribution in [-0.4, -0.2) is 49.8 Å². The fourth-order valence-electron chi connectivity index (χ4n) is 2.90. The average molecular weight is 419 g/mol. The molecule has 8 nitrogen and oxygen atoms in total. The summed E-state index contributed by atoms with van der Waals surface area (Å²) in [4.78, 5) is 46.9. The van der Waals surface area contributed by atoms with E-state index in [1.165, 1.54) is 6.42 Å². The van der Waals surface area contributed by atoms with Crippen molar-refractivity contribution in [1.29, 1.82) is 0 Å². The highest BCUT2D eigenvalue weighted by Gasteiger charge is 2.21. The molecule has 1 atom stereocenters. The molecule has 0 aliphatic carbocycles. The summed E-state index contributed by atoms with van der Waals surface area (Å²) in [6.07, 6.45) is 6.52. The first-order valence-electron chi connectivity index (χ1n) is 10.6. The highest BCUT2D eigenvalue weighted by atomic mass is 16.2. The fraction of sp³-hybridized carbons (Fsp3) is 0.545. The number of benzene rings is 1. The second-order valence-electron chi connectivity index (χ2n) is 7.11. The molecule has 0 radical (unpaired) electrons. The van der Waals surface area contributed by atoms with E-state index in [1.807, 2.05) is 30.3 Å². The Morgan fingerprint density at radius 2 is 1.67 bits per heavy atom. The van der Waals surface area contributed by atoms with E-state index >= 15 is 0 Å². The van der Waals surface area contributed by atoms with Crippen LogP contribution in [0.4, 0.5) is 0 Å². The lowest BCUT2D eigenvalue weighted by molar-refractivity contribution is -0.129. The third-order valence-corrected chi connectivity index (χ3v) is 4.54. The number of carbonyl (C=O) groups is 4. The van der Waals surface area contributed by atoms with Gasteiger partial charge in [-0.2, -0.15) is 0 Å². The number of amides is 4. The maximum absolute atomic E-state index is 12.5. The first-order valence-corrected chi connectivity index (χ1v) is 10.6. The average Bonchev–Trinajstić information content (AvgIpc) is 2.75. The van der Waals surface area contributed by atoms with Crippen LogP contribution >= 0.6 is 0 Å². The second kappa shape index (κ2) is 16.0. The molecule has 0 aliphatic rings. The minimum atomic E-state index is -0.776. The van der Waals surface area contributed by atoms with E-state index < -0.39 is 11.9 Å². The van der Waals surface area contributed by atoms with E-state index in [0.717, 1.165) is 31.2 Å². The van der Waals surface area contributed by atoms with Crippen molar-refractivity contribution in [3.05, 3.63) is 35.9 Å². The van der Waals surface area contributed by atoms with Gasteiger partial charge in [0.1, 0.15) is 6.04 Å². The molecule has 1 aromatic rings.